The highest BCUT2D eigenvalue weighted by molar-refractivity contribution is 7.99. The number of hydrogen-bond acceptors (Lipinski definition) is 6. The van der Waals surface area contributed by atoms with E-state index in [1.807, 2.05) is 49.4 Å². The molecule has 0 bridgehead atoms. The third kappa shape index (κ3) is 6.72. The number of carboxylic acid groups (broad SMARTS) is 1. The van der Waals surface area contributed by atoms with Gasteiger partial charge >= 0.3 is 5.97 Å². The molecule has 3 aromatic carbocycles. The molecular formula is C24H27NO5S2. The molecule has 3 rings (SSSR count). The van der Waals surface area contributed by atoms with Crippen LogP contribution in [0.25, 0.3) is 10.8 Å². The zero-order valence-electron chi connectivity index (χ0n) is 17.9. The molecule has 6 nitrogen and oxygen atoms in total. The first-order valence-corrected chi connectivity index (χ1v) is 13.0. The summed E-state index contributed by atoms with van der Waals surface area (Å²) in [4.78, 5) is 12.1. The normalized spacial score (nSPS) is 11.5. The van der Waals surface area contributed by atoms with Crippen molar-refractivity contribution in [1.82, 2.24) is 5.32 Å². The lowest BCUT2D eigenvalue weighted by Crippen LogP contribution is -2.21. The van der Waals surface area contributed by atoms with E-state index in [9.17, 15) is 13.2 Å². The molecule has 0 aliphatic carbocycles. The molecule has 0 atom stereocenters. The van der Waals surface area contributed by atoms with Crippen molar-refractivity contribution >= 4 is 38.3 Å². The summed E-state index contributed by atoms with van der Waals surface area (Å²) in [5.41, 5.74) is 0.892. The first kappa shape index (κ1) is 24.1. The van der Waals surface area contributed by atoms with Gasteiger partial charge in [0.1, 0.15) is 5.75 Å². The highest BCUT2D eigenvalue weighted by atomic mass is 32.2. The van der Waals surface area contributed by atoms with Crippen LogP contribution in [0, 0.1) is 6.92 Å². The largest absolute Gasteiger partial charge is 0.482 e. The van der Waals surface area contributed by atoms with Crippen LogP contribution in [0.4, 0.5) is 0 Å². The topological polar surface area (TPSA) is 92.7 Å². The molecule has 3 aromatic rings. The Bertz CT molecular complexity index is 1170. The fourth-order valence-corrected chi connectivity index (χ4v) is 5.80. The van der Waals surface area contributed by atoms with Gasteiger partial charge < -0.3 is 15.2 Å². The van der Waals surface area contributed by atoms with E-state index in [1.54, 1.807) is 30.0 Å². The number of carbonyl (C=O) groups is 1. The third-order valence-corrected chi connectivity index (χ3v) is 7.74. The standard InChI is InChI=1S/C24H27NO5S2/c1-18-16-20(10-11-22(18)30-17-24(26)27)31-14-13-25-12-5-15-32(28,29)23-9-4-7-19-6-2-3-8-21(19)23/h2-4,6-11,16,25H,5,12-15,17H2,1H3,(H,26,27). The Hall–Kier alpha value is -2.55. The highest BCUT2D eigenvalue weighted by Gasteiger charge is 2.16. The fourth-order valence-electron chi connectivity index (χ4n) is 3.34. The van der Waals surface area contributed by atoms with Crippen LogP contribution >= 0.6 is 11.8 Å². The first-order chi connectivity index (χ1) is 15.4. The van der Waals surface area contributed by atoms with Gasteiger partial charge in [0.25, 0.3) is 0 Å². The van der Waals surface area contributed by atoms with Crippen molar-refractivity contribution in [2.75, 3.05) is 31.2 Å². The van der Waals surface area contributed by atoms with Crippen molar-refractivity contribution in [1.29, 1.82) is 0 Å². The van der Waals surface area contributed by atoms with E-state index in [1.165, 1.54) is 0 Å². The lowest BCUT2D eigenvalue weighted by atomic mass is 10.1. The van der Waals surface area contributed by atoms with Crippen LogP contribution in [0.2, 0.25) is 0 Å². The van der Waals surface area contributed by atoms with E-state index < -0.39 is 15.8 Å². The number of sulfone groups is 1. The van der Waals surface area contributed by atoms with Crippen molar-refractivity contribution < 1.29 is 23.1 Å². The molecule has 0 aromatic heterocycles. The van der Waals surface area contributed by atoms with Gasteiger partial charge in [-0.25, -0.2) is 13.2 Å². The molecule has 0 spiro atoms. The van der Waals surface area contributed by atoms with E-state index in [4.69, 9.17) is 9.84 Å². The van der Waals surface area contributed by atoms with Gasteiger partial charge in [-0.3, -0.25) is 0 Å². The predicted octanol–water partition coefficient (Wildman–Crippen LogP) is 4.16. The zero-order valence-corrected chi connectivity index (χ0v) is 19.5. The second-order valence-electron chi connectivity index (χ2n) is 7.36. The van der Waals surface area contributed by atoms with Crippen molar-refractivity contribution in [3.8, 4) is 5.75 Å². The lowest BCUT2D eigenvalue weighted by molar-refractivity contribution is -0.139. The van der Waals surface area contributed by atoms with Crippen molar-refractivity contribution in [3.63, 3.8) is 0 Å². The van der Waals surface area contributed by atoms with Crippen molar-refractivity contribution in [3.05, 3.63) is 66.2 Å². The van der Waals surface area contributed by atoms with E-state index in [2.05, 4.69) is 5.32 Å². The molecule has 0 aliphatic heterocycles. The van der Waals surface area contributed by atoms with Gasteiger partial charge in [-0.1, -0.05) is 36.4 Å². The van der Waals surface area contributed by atoms with Crippen LogP contribution in [0.3, 0.4) is 0 Å². The molecule has 0 fully saturated rings. The number of rotatable bonds is 12. The second kappa shape index (κ2) is 11.4. The molecule has 0 unspecified atom stereocenters. The summed E-state index contributed by atoms with van der Waals surface area (Å²) in [6.45, 7) is 2.92. The maximum absolute atomic E-state index is 12.8. The second-order valence-corrected chi connectivity index (χ2v) is 10.6. The van der Waals surface area contributed by atoms with E-state index in [0.717, 1.165) is 33.5 Å². The zero-order chi connectivity index (χ0) is 23.0. The number of fused-ring (bicyclic) bond motifs is 1. The van der Waals surface area contributed by atoms with Crippen LogP contribution in [-0.2, 0) is 14.6 Å². The molecule has 0 heterocycles. The minimum Gasteiger partial charge on any atom is -0.482 e. The van der Waals surface area contributed by atoms with Crippen molar-refractivity contribution in [2.45, 2.75) is 23.1 Å². The van der Waals surface area contributed by atoms with Crippen LogP contribution in [0.1, 0.15) is 12.0 Å². The number of nitrogens with one attached hydrogen (secondary N) is 1. The van der Waals surface area contributed by atoms with Gasteiger partial charge in [0.2, 0.25) is 0 Å². The van der Waals surface area contributed by atoms with Crippen molar-refractivity contribution in [2.24, 2.45) is 0 Å². The molecule has 8 heteroatoms. The first-order valence-electron chi connectivity index (χ1n) is 10.4. The quantitative estimate of drug-likeness (QED) is 0.301. The number of carboxylic acids is 1. The van der Waals surface area contributed by atoms with Gasteiger partial charge in [0, 0.05) is 22.6 Å². The molecule has 0 amide bonds. The summed E-state index contributed by atoms with van der Waals surface area (Å²) >= 11 is 1.68. The molecular weight excluding hydrogens is 446 g/mol. The van der Waals surface area contributed by atoms with Crippen LogP contribution in [-0.4, -0.2) is 50.7 Å². The summed E-state index contributed by atoms with van der Waals surface area (Å²) in [5.74, 6) is 0.518. The third-order valence-electron chi connectivity index (χ3n) is 4.90. The minimum atomic E-state index is -3.34. The maximum atomic E-state index is 12.8. The summed E-state index contributed by atoms with van der Waals surface area (Å²) in [6, 6.07) is 18.6. The van der Waals surface area contributed by atoms with Gasteiger partial charge in [-0.2, -0.15) is 0 Å². The number of benzene rings is 3. The Morgan fingerprint density at radius 2 is 1.84 bits per heavy atom. The van der Waals surface area contributed by atoms with Gasteiger partial charge in [0.05, 0.1) is 10.6 Å². The molecule has 0 saturated heterocycles. The summed E-state index contributed by atoms with van der Waals surface area (Å²) < 4.78 is 30.8. The van der Waals surface area contributed by atoms with Crippen LogP contribution < -0.4 is 10.1 Å². The average molecular weight is 474 g/mol. The fraction of sp³-hybridized carbons (Fsp3) is 0.292. The van der Waals surface area contributed by atoms with E-state index in [0.29, 0.717) is 23.6 Å². The van der Waals surface area contributed by atoms with E-state index in [-0.39, 0.29) is 12.4 Å². The average Bonchev–Trinajstić information content (AvgIpc) is 2.77. The molecule has 0 saturated carbocycles. The van der Waals surface area contributed by atoms with Crippen LogP contribution in [0.5, 0.6) is 5.75 Å². The van der Waals surface area contributed by atoms with Crippen LogP contribution in [0.15, 0.2) is 70.5 Å². The van der Waals surface area contributed by atoms with E-state index >= 15 is 0 Å². The molecule has 0 aliphatic rings. The number of aryl methyl sites for hydroxylation is 1. The summed E-state index contributed by atoms with van der Waals surface area (Å²) in [6.07, 6.45) is 0.547. The smallest absolute Gasteiger partial charge is 0.341 e. The number of aliphatic carboxylic acids is 1. The van der Waals surface area contributed by atoms with Gasteiger partial charge in [0.15, 0.2) is 16.4 Å². The molecule has 32 heavy (non-hydrogen) atoms. The number of thioether (sulfide) groups is 1. The Morgan fingerprint density at radius 1 is 1.06 bits per heavy atom. The number of hydrogen-bond donors (Lipinski definition) is 2. The monoisotopic (exact) mass is 473 g/mol. The SMILES string of the molecule is Cc1cc(SCCNCCCS(=O)(=O)c2cccc3ccccc23)ccc1OCC(=O)O. The Labute approximate surface area is 192 Å². The minimum absolute atomic E-state index is 0.109. The van der Waals surface area contributed by atoms with Gasteiger partial charge in [-0.05, 0) is 55.1 Å². The maximum Gasteiger partial charge on any atom is 0.341 e. The Kier molecular flexibility index (Phi) is 8.55. The molecule has 2 N–H and O–H groups in total. The highest BCUT2D eigenvalue weighted by Crippen LogP contribution is 2.26. The molecule has 170 valence electrons. The Morgan fingerprint density at radius 3 is 2.62 bits per heavy atom. The predicted molar refractivity (Wildman–Crippen MR) is 129 cm³/mol. The summed E-state index contributed by atoms with van der Waals surface area (Å²) in [5, 5.41) is 13.7. The lowest BCUT2D eigenvalue weighted by Gasteiger charge is -2.10. The molecule has 0 radical (unpaired) electrons. The number of ether oxygens (including phenoxy) is 1. The summed E-state index contributed by atoms with van der Waals surface area (Å²) in [7, 11) is -3.34. The Balaban J connectivity index is 1.40. The van der Waals surface area contributed by atoms with Gasteiger partial charge in [-0.15, -0.1) is 11.8 Å².